The number of hydrogen-bond donors (Lipinski definition) is 0. The Labute approximate surface area is 132 Å². The number of nitrogens with zero attached hydrogens (tertiary/aromatic N) is 2. The van der Waals surface area contributed by atoms with Gasteiger partial charge in [0.25, 0.3) is 0 Å². The molecule has 0 aromatic rings. The fourth-order valence-corrected chi connectivity index (χ4v) is 3.97. The molecule has 3 rings (SSSR count). The maximum Gasteiger partial charge on any atom is 0.410 e. The smallest absolute Gasteiger partial charge is 0.410 e. The van der Waals surface area contributed by atoms with Crippen molar-refractivity contribution in [2.45, 2.75) is 45.0 Å². The molecule has 0 saturated carbocycles. The number of amides is 1. The van der Waals surface area contributed by atoms with E-state index in [-0.39, 0.29) is 11.5 Å². The van der Waals surface area contributed by atoms with Crippen molar-refractivity contribution in [1.82, 2.24) is 9.80 Å². The van der Waals surface area contributed by atoms with Gasteiger partial charge in [-0.25, -0.2) is 4.79 Å². The molecule has 0 aliphatic carbocycles. The maximum atomic E-state index is 12.4. The largest absolute Gasteiger partial charge is 0.444 e. The highest BCUT2D eigenvalue weighted by atomic mass is 16.7. The Morgan fingerprint density at radius 2 is 1.73 bits per heavy atom. The first-order chi connectivity index (χ1) is 10.3. The highest BCUT2D eigenvalue weighted by molar-refractivity contribution is 5.68. The van der Waals surface area contributed by atoms with Crippen molar-refractivity contribution < 1.29 is 19.0 Å². The molecule has 3 fully saturated rings. The average molecular weight is 312 g/mol. The van der Waals surface area contributed by atoms with E-state index in [9.17, 15) is 4.79 Å². The summed E-state index contributed by atoms with van der Waals surface area (Å²) in [6.45, 7) is 10.1. The van der Waals surface area contributed by atoms with Crippen molar-refractivity contribution >= 4 is 6.09 Å². The molecular weight excluding hydrogens is 284 g/mol. The second-order valence-electron chi connectivity index (χ2n) is 7.87. The minimum absolute atomic E-state index is 0.00321. The van der Waals surface area contributed by atoms with Crippen LogP contribution >= 0.6 is 0 Å². The molecule has 1 atom stereocenters. The van der Waals surface area contributed by atoms with Gasteiger partial charge in [-0.2, -0.15) is 0 Å². The third-order valence-corrected chi connectivity index (χ3v) is 5.02. The summed E-state index contributed by atoms with van der Waals surface area (Å²) in [5.74, 6) is -0.660. The number of likely N-dealkylation sites (tertiary alicyclic amines) is 2. The van der Waals surface area contributed by atoms with E-state index in [1.165, 1.54) is 0 Å². The molecule has 0 radical (unpaired) electrons. The number of piperidine rings is 1. The summed E-state index contributed by atoms with van der Waals surface area (Å²) in [4.78, 5) is 16.5. The first-order valence-electron chi connectivity index (χ1n) is 8.20. The molecule has 126 valence electrons. The van der Waals surface area contributed by atoms with Crippen LogP contribution in [0.3, 0.4) is 0 Å². The Balaban J connectivity index is 1.77. The molecule has 1 unspecified atom stereocenters. The number of rotatable bonds is 0. The Hall–Kier alpha value is -0.850. The molecular formula is C16H28N2O4. The molecule has 6 nitrogen and oxygen atoms in total. The minimum atomic E-state index is -0.660. The number of carbonyl (C=O) groups excluding carboxylic acids is 1. The third kappa shape index (κ3) is 2.72. The monoisotopic (exact) mass is 312 g/mol. The summed E-state index contributed by atoms with van der Waals surface area (Å²) in [6, 6.07) is 0. The van der Waals surface area contributed by atoms with E-state index in [0.717, 1.165) is 25.9 Å². The molecule has 3 aliphatic heterocycles. The van der Waals surface area contributed by atoms with Crippen molar-refractivity contribution in [3.05, 3.63) is 0 Å². The predicted molar refractivity (Wildman–Crippen MR) is 81.6 cm³/mol. The Morgan fingerprint density at radius 1 is 1.09 bits per heavy atom. The normalized spacial score (nSPS) is 32.1. The molecule has 3 saturated heterocycles. The van der Waals surface area contributed by atoms with Crippen LogP contribution in [0.5, 0.6) is 0 Å². The number of hydrogen-bond acceptors (Lipinski definition) is 5. The van der Waals surface area contributed by atoms with Gasteiger partial charge in [0, 0.05) is 18.5 Å². The van der Waals surface area contributed by atoms with E-state index >= 15 is 0 Å². The van der Waals surface area contributed by atoms with Gasteiger partial charge in [0.1, 0.15) is 5.60 Å². The SMILES string of the molecule is CN1CCC2(CCN(C(=O)OC(C)(C)C)CC23OCCO3)C1. The molecule has 22 heavy (non-hydrogen) atoms. The Bertz CT molecular complexity index is 442. The second-order valence-corrected chi connectivity index (χ2v) is 7.87. The van der Waals surface area contributed by atoms with Gasteiger partial charge in [-0.05, 0) is 47.2 Å². The minimum Gasteiger partial charge on any atom is -0.444 e. The first-order valence-corrected chi connectivity index (χ1v) is 8.20. The summed E-state index contributed by atoms with van der Waals surface area (Å²) in [5, 5.41) is 0. The lowest BCUT2D eigenvalue weighted by Crippen LogP contribution is -2.63. The van der Waals surface area contributed by atoms with Crippen molar-refractivity contribution in [3.63, 3.8) is 0 Å². The lowest BCUT2D eigenvalue weighted by molar-refractivity contribution is -0.258. The highest BCUT2D eigenvalue weighted by Gasteiger charge is 2.61. The first kappa shape index (κ1) is 16.0. The summed E-state index contributed by atoms with van der Waals surface area (Å²) < 4.78 is 17.7. The van der Waals surface area contributed by atoms with E-state index in [1.807, 2.05) is 20.8 Å². The van der Waals surface area contributed by atoms with Crippen molar-refractivity contribution in [3.8, 4) is 0 Å². The molecule has 0 N–H and O–H groups in total. The van der Waals surface area contributed by atoms with E-state index in [0.29, 0.717) is 26.3 Å². The van der Waals surface area contributed by atoms with Gasteiger partial charge in [0.15, 0.2) is 5.79 Å². The van der Waals surface area contributed by atoms with Gasteiger partial charge < -0.3 is 24.0 Å². The van der Waals surface area contributed by atoms with Gasteiger partial charge in [0.05, 0.1) is 19.8 Å². The molecule has 2 spiro atoms. The van der Waals surface area contributed by atoms with Crippen LogP contribution in [0, 0.1) is 5.41 Å². The number of carbonyl (C=O) groups is 1. The molecule has 0 aromatic carbocycles. The van der Waals surface area contributed by atoms with E-state index < -0.39 is 11.4 Å². The number of fused-ring (bicyclic) bond motifs is 1. The average Bonchev–Trinajstić information content (AvgIpc) is 3.00. The zero-order valence-corrected chi connectivity index (χ0v) is 14.2. The topological polar surface area (TPSA) is 51.2 Å². The van der Waals surface area contributed by atoms with Crippen LogP contribution in [0.4, 0.5) is 4.79 Å². The summed E-state index contributed by atoms with van der Waals surface area (Å²) in [6.07, 6.45) is 1.69. The lowest BCUT2D eigenvalue weighted by Gasteiger charge is -2.51. The molecule has 0 aromatic heterocycles. The van der Waals surface area contributed by atoms with Crippen molar-refractivity contribution in [2.75, 3.05) is 46.4 Å². The highest BCUT2D eigenvalue weighted by Crippen LogP contribution is 2.50. The molecule has 1 amide bonds. The zero-order valence-electron chi connectivity index (χ0n) is 14.2. The van der Waals surface area contributed by atoms with Gasteiger partial charge in [0.2, 0.25) is 0 Å². The Kier molecular flexibility index (Phi) is 3.90. The Morgan fingerprint density at radius 3 is 2.27 bits per heavy atom. The molecule has 0 bridgehead atoms. The second kappa shape index (κ2) is 5.35. The van der Waals surface area contributed by atoms with Crippen LogP contribution in [-0.2, 0) is 14.2 Å². The van der Waals surface area contributed by atoms with Gasteiger partial charge >= 0.3 is 6.09 Å². The van der Waals surface area contributed by atoms with E-state index in [2.05, 4.69) is 11.9 Å². The molecule has 3 aliphatic rings. The third-order valence-electron chi connectivity index (χ3n) is 5.02. The summed E-state index contributed by atoms with van der Waals surface area (Å²) in [7, 11) is 2.14. The van der Waals surface area contributed by atoms with Crippen LogP contribution in [0.2, 0.25) is 0 Å². The van der Waals surface area contributed by atoms with Crippen molar-refractivity contribution in [1.29, 1.82) is 0 Å². The van der Waals surface area contributed by atoms with Crippen molar-refractivity contribution in [2.24, 2.45) is 5.41 Å². The lowest BCUT2D eigenvalue weighted by atomic mass is 9.72. The zero-order chi connectivity index (χ0) is 16.0. The molecule has 6 heteroatoms. The predicted octanol–water partition coefficient (Wildman–Crippen LogP) is 1.69. The fraction of sp³-hybridized carbons (Fsp3) is 0.938. The van der Waals surface area contributed by atoms with E-state index in [4.69, 9.17) is 14.2 Å². The van der Waals surface area contributed by atoms with Gasteiger partial charge in [-0.3, -0.25) is 0 Å². The standard InChI is InChI=1S/C16H28N2O4/c1-14(2,3)22-13(19)18-8-6-15(5-7-17(4)11-15)16(12-18)20-9-10-21-16/h5-12H2,1-4H3. The van der Waals surface area contributed by atoms with Gasteiger partial charge in [-0.1, -0.05) is 0 Å². The van der Waals surface area contributed by atoms with E-state index in [1.54, 1.807) is 4.90 Å². The van der Waals surface area contributed by atoms with Crippen LogP contribution < -0.4 is 0 Å². The van der Waals surface area contributed by atoms with Crippen LogP contribution in [0.15, 0.2) is 0 Å². The van der Waals surface area contributed by atoms with Gasteiger partial charge in [-0.15, -0.1) is 0 Å². The summed E-state index contributed by atoms with van der Waals surface area (Å²) in [5.41, 5.74) is -0.485. The number of ether oxygens (including phenoxy) is 3. The summed E-state index contributed by atoms with van der Waals surface area (Å²) >= 11 is 0. The van der Waals surface area contributed by atoms with Crippen LogP contribution in [0.25, 0.3) is 0 Å². The maximum absolute atomic E-state index is 12.4. The molecule has 3 heterocycles. The van der Waals surface area contributed by atoms with Crippen LogP contribution in [0.1, 0.15) is 33.6 Å². The fourth-order valence-electron chi connectivity index (χ4n) is 3.97. The quantitative estimate of drug-likeness (QED) is 0.681. The van der Waals surface area contributed by atoms with Crippen LogP contribution in [-0.4, -0.2) is 73.7 Å².